The monoisotopic (exact) mass is 310 g/mol. The molecule has 2 amide bonds. The van der Waals surface area contributed by atoms with E-state index in [2.05, 4.69) is 12.2 Å². The molecular formula is C16H23ClN2O2. The van der Waals surface area contributed by atoms with Gasteiger partial charge in [-0.3, -0.25) is 9.59 Å². The van der Waals surface area contributed by atoms with Crippen molar-refractivity contribution >= 4 is 29.1 Å². The molecule has 0 radical (unpaired) electrons. The average Bonchev–Trinajstić information content (AvgIpc) is 2.42. The second kappa shape index (κ2) is 8.67. The fraction of sp³-hybridized carbons (Fsp3) is 0.500. The van der Waals surface area contributed by atoms with Gasteiger partial charge in [-0.2, -0.15) is 0 Å². The SMILES string of the molecule is CCCCCN(CC(=O)Nc1ccc(C)c(Cl)c1)C(C)=O. The highest BCUT2D eigenvalue weighted by molar-refractivity contribution is 6.31. The van der Waals surface area contributed by atoms with Crippen molar-refractivity contribution in [3.63, 3.8) is 0 Å². The molecule has 5 heteroatoms. The average molecular weight is 311 g/mol. The van der Waals surface area contributed by atoms with Crippen LogP contribution in [0.15, 0.2) is 18.2 Å². The van der Waals surface area contributed by atoms with Crippen LogP contribution >= 0.6 is 11.6 Å². The number of rotatable bonds is 7. The maximum Gasteiger partial charge on any atom is 0.243 e. The Morgan fingerprint density at radius 3 is 2.57 bits per heavy atom. The van der Waals surface area contributed by atoms with E-state index in [4.69, 9.17) is 11.6 Å². The summed E-state index contributed by atoms with van der Waals surface area (Å²) >= 11 is 6.02. The Labute approximate surface area is 131 Å². The smallest absolute Gasteiger partial charge is 0.243 e. The number of nitrogens with zero attached hydrogens (tertiary/aromatic N) is 1. The van der Waals surface area contributed by atoms with E-state index in [1.807, 2.05) is 13.0 Å². The number of carbonyl (C=O) groups is 2. The number of hydrogen-bond acceptors (Lipinski definition) is 2. The van der Waals surface area contributed by atoms with E-state index in [9.17, 15) is 9.59 Å². The molecule has 0 aromatic heterocycles. The van der Waals surface area contributed by atoms with Gasteiger partial charge in [0.2, 0.25) is 11.8 Å². The topological polar surface area (TPSA) is 49.4 Å². The minimum Gasteiger partial charge on any atom is -0.334 e. The van der Waals surface area contributed by atoms with Gasteiger partial charge in [-0.15, -0.1) is 0 Å². The molecule has 0 heterocycles. The van der Waals surface area contributed by atoms with Crippen LogP contribution in [0.4, 0.5) is 5.69 Å². The van der Waals surface area contributed by atoms with Gasteiger partial charge in [-0.1, -0.05) is 37.4 Å². The van der Waals surface area contributed by atoms with Gasteiger partial charge in [0, 0.05) is 24.2 Å². The van der Waals surface area contributed by atoms with E-state index in [0.29, 0.717) is 17.3 Å². The molecule has 0 aliphatic rings. The summed E-state index contributed by atoms with van der Waals surface area (Å²) in [6.45, 7) is 6.18. The number of aryl methyl sites for hydroxylation is 1. The summed E-state index contributed by atoms with van der Waals surface area (Å²) in [5, 5.41) is 3.38. The summed E-state index contributed by atoms with van der Waals surface area (Å²) in [4.78, 5) is 25.1. The van der Waals surface area contributed by atoms with Gasteiger partial charge in [-0.05, 0) is 31.0 Å². The molecule has 1 aromatic carbocycles. The minimum atomic E-state index is -0.207. The molecule has 0 unspecified atom stereocenters. The summed E-state index contributed by atoms with van der Waals surface area (Å²) in [6.07, 6.45) is 3.05. The third kappa shape index (κ3) is 6.17. The molecule has 0 saturated carbocycles. The van der Waals surface area contributed by atoms with Crippen molar-refractivity contribution in [2.24, 2.45) is 0 Å². The van der Waals surface area contributed by atoms with E-state index < -0.39 is 0 Å². The third-order valence-corrected chi connectivity index (χ3v) is 3.67. The van der Waals surface area contributed by atoms with Crippen molar-refractivity contribution in [2.75, 3.05) is 18.4 Å². The summed E-state index contributed by atoms with van der Waals surface area (Å²) in [5.41, 5.74) is 1.60. The van der Waals surface area contributed by atoms with Gasteiger partial charge in [0.05, 0.1) is 6.54 Å². The molecule has 0 bridgehead atoms. The standard InChI is InChI=1S/C16H23ClN2O2/c1-4-5-6-9-19(13(3)20)11-16(21)18-14-8-7-12(2)15(17)10-14/h7-8,10H,4-6,9,11H2,1-3H3,(H,18,21). The summed E-state index contributed by atoms with van der Waals surface area (Å²) < 4.78 is 0. The van der Waals surface area contributed by atoms with Crippen LogP contribution in [0, 0.1) is 6.92 Å². The molecule has 1 aromatic rings. The van der Waals surface area contributed by atoms with Crippen molar-refractivity contribution < 1.29 is 9.59 Å². The number of nitrogens with one attached hydrogen (secondary N) is 1. The second-order valence-corrected chi connectivity index (χ2v) is 5.57. The molecule has 0 spiro atoms. The molecule has 0 aliphatic carbocycles. The highest BCUT2D eigenvalue weighted by atomic mass is 35.5. The molecule has 0 fully saturated rings. The van der Waals surface area contributed by atoms with E-state index in [-0.39, 0.29) is 18.4 Å². The molecule has 0 saturated heterocycles. The summed E-state index contributed by atoms with van der Waals surface area (Å²) in [6, 6.07) is 5.36. The third-order valence-electron chi connectivity index (χ3n) is 3.27. The molecule has 116 valence electrons. The van der Waals surface area contributed by atoms with Gasteiger partial charge in [-0.25, -0.2) is 0 Å². The normalized spacial score (nSPS) is 10.3. The number of hydrogen-bond donors (Lipinski definition) is 1. The van der Waals surface area contributed by atoms with Crippen molar-refractivity contribution in [3.8, 4) is 0 Å². The van der Waals surface area contributed by atoms with Crippen molar-refractivity contribution in [3.05, 3.63) is 28.8 Å². The Kier molecular flexibility index (Phi) is 7.23. The Morgan fingerprint density at radius 2 is 2.00 bits per heavy atom. The predicted octanol–water partition coefficient (Wildman–Crippen LogP) is 3.63. The Morgan fingerprint density at radius 1 is 1.29 bits per heavy atom. The van der Waals surface area contributed by atoms with E-state index in [0.717, 1.165) is 24.8 Å². The lowest BCUT2D eigenvalue weighted by Gasteiger charge is -2.20. The number of carbonyl (C=O) groups excluding carboxylic acids is 2. The van der Waals surface area contributed by atoms with E-state index in [1.165, 1.54) is 6.92 Å². The summed E-state index contributed by atoms with van der Waals surface area (Å²) in [7, 11) is 0. The van der Waals surface area contributed by atoms with Gasteiger partial charge < -0.3 is 10.2 Å². The number of amides is 2. The number of unbranched alkanes of at least 4 members (excludes halogenated alkanes) is 2. The molecule has 21 heavy (non-hydrogen) atoms. The lowest BCUT2D eigenvalue weighted by Crippen LogP contribution is -2.37. The van der Waals surface area contributed by atoms with Crippen LogP contribution in [-0.2, 0) is 9.59 Å². The number of anilines is 1. The molecular weight excluding hydrogens is 288 g/mol. The zero-order valence-electron chi connectivity index (χ0n) is 12.9. The summed E-state index contributed by atoms with van der Waals surface area (Å²) in [5.74, 6) is -0.287. The zero-order chi connectivity index (χ0) is 15.8. The van der Waals surface area contributed by atoms with Crippen molar-refractivity contribution in [1.82, 2.24) is 4.90 Å². The molecule has 1 rings (SSSR count). The first-order chi connectivity index (χ1) is 9.93. The maximum absolute atomic E-state index is 12.0. The quantitative estimate of drug-likeness (QED) is 0.782. The van der Waals surface area contributed by atoms with Gasteiger partial charge in [0.25, 0.3) is 0 Å². The van der Waals surface area contributed by atoms with Crippen molar-refractivity contribution in [2.45, 2.75) is 40.0 Å². The van der Waals surface area contributed by atoms with Crippen LogP contribution in [-0.4, -0.2) is 29.8 Å². The lowest BCUT2D eigenvalue weighted by atomic mass is 10.2. The highest BCUT2D eigenvalue weighted by Gasteiger charge is 2.13. The van der Waals surface area contributed by atoms with Gasteiger partial charge in [0.1, 0.15) is 0 Å². The molecule has 1 N–H and O–H groups in total. The second-order valence-electron chi connectivity index (χ2n) is 5.16. The highest BCUT2D eigenvalue weighted by Crippen LogP contribution is 2.19. The molecule has 4 nitrogen and oxygen atoms in total. The van der Waals surface area contributed by atoms with Crippen LogP contribution in [0.2, 0.25) is 5.02 Å². The largest absolute Gasteiger partial charge is 0.334 e. The predicted molar refractivity (Wildman–Crippen MR) is 86.6 cm³/mol. The molecule has 0 aliphatic heterocycles. The first-order valence-electron chi connectivity index (χ1n) is 7.25. The van der Waals surface area contributed by atoms with Crippen LogP contribution in [0.3, 0.4) is 0 Å². The minimum absolute atomic E-state index is 0.0740. The van der Waals surface area contributed by atoms with Crippen LogP contribution < -0.4 is 5.32 Å². The molecule has 0 atom stereocenters. The Balaban J connectivity index is 2.56. The fourth-order valence-corrected chi connectivity index (χ4v) is 2.13. The first-order valence-corrected chi connectivity index (χ1v) is 7.63. The van der Waals surface area contributed by atoms with Crippen LogP contribution in [0.1, 0.15) is 38.7 Å². The van der Waals surface area contributed by atoms with E-state index in [1.54, 1.807) is 17.0 Å². The van der Waals surface area contributed by atoms with Gasteiger partial charge in [0.15, 0.2) is 0 Å². The van der Waals surface area contributed by atoms with E-state index >= 15 is 0 Å². The zero-order valence-corrected chi connectivity index (χ0v) is 13.7. The first kappa shape index (κ1) is 17.5. The van der Waals surface area contributed by atoms with Gasteiger partial charge >= 0.3 is 0 Å². The lowest BCUT2D eigenvalue weighted by molar-refractivity contribution is -0.132. The van der Waals surface area contributed by atoms with Crippen LogP contribution in [0.25, 0.3) is 0 Å². The maximum atomic E-state index is 12.0. The number of benzene rings is 1. The number of halogens is 1. The van der Waals surface area contributed by atoms with Crippen LogP contribution in [0.5, 0.6) is 0 Å². The Hall–Kier alpha value is -1.55. The van der Waals surface area contributed by atoms with Crippen molar-refractivity contribution in [1.29, 1.82) is 0 Å². The Bertz CT molecular complexity index is 503. The fourth-order valence-electron chi connectivity index (χ4n) is 1.94.